The highest BCUT2D eigenvalue weighted by atomic mass is 28.3. The third-order valence-electron chi connectivity index (χ3n) is 2.94. The van der Waals surface area contributed by atoms with Gasteiger partial charge in [-0.15, -0.1) is 0 Å². The molecular formula is C15H20N2OSi. The predicted molar refractivity (Wildman–Crippen MR) is 84.0 cm³/mol. The molecule has 3 nitrogen and oxygen atoms in total. The molecule has 1 aromatic heterocycles. The van der Waals surface area contributed by atoms with E-state index in [1.807, 2.05) is 30.5 Å². The van der Waals surface area contributed by atoms with Gasteiger partial charge in [0.25, 0.3) is 0 Å². The first-order valence-corrected chi connectivity index (χ1v) is 9.86. The number of nitrogens with one attached hydrogen (secondary N) is 1. The van der Waals surface area contributed by atoms with Crippen molar-refractivity contribution < 1.29 is 4.74 Å². The van der Waals surface area contributed by atoms with Crippen LogP contribution in [0.1, 0.15) is 5.69 Å². The molecule has 0 atom stereocenters. The van der Waals surface area contributed by atoms with Crippen LogP contribution in [0.4, 0.5) is 5.69 Å². The van der Waals surface area contributed by atoms with Gasteiger partial charge >= 0.3 is 0 Å². The second kappa shape index (κ2) is 5.44. The number of hydrogen-bond acceptors (Lipinski definition) is 2. The predicted octanol–water partition coefficient (Wildman–Crippen LogP) is 3.32. The van der Waals surface area contributed by atoms with Gasteiger partial charge < -0.3 is 9.72 Å². The molecule has 0 aliphatic rings. The van der Waals surface area contributed by atoms with Crippen molar-refractivity contribution in [2.75, 3.05) is 7.11 Å². The maximum atomic E-state index is 5.12. The number of ether oxygens (including phenoxy) is 1. The fourth-order valence-corrected chi connectivity index (χ4v) is 2.84. The van der Waals surface area contributed by atoms with Gasteiger partial charge in [0.15, 0.2) is 0 Å². The summed E-state index contributed by atoms with van der Waals surface area (Å²) in [7, 11) is 0.395. The van der Waals surface area contributed by atoms with Crippen LogP contribution in [0.2, 0.25) is 19.6 Å². The lowest BCUT2D eigenvalue weighted by Gasteiger charge is -2.12. The second-order valence-electron chi connectivity index (χ2n) is 5.53. The Morgan fingerprint density at radius 3 is 2.26 bits per heavy atom. The Bertz CT molecular complexity index is 565. The number of H-pyrrole nitrogens is 1. The molecule has 1 N–H and O–H groups in total. The fraction of sp³-hybridized carbons (Fsp3) is 0.267. The zero-order valence-electron chi connectivity index (χ0n) is 11.9. The zero-order chi connectivity index (χ0) is 13.9. The highest BCUT2D eigenvalue weighted by Gasteiger charge is 2.17. The van der Waals surface area contributed by atoms with Crippen LogP contribution in [0, 0.1) is 0 Å². The van der Waals surface area contributed by atoms with E-state index in [1.54, 1.807) is 7.11 Å². The van der Waals surface area contributed by atoms with Gasteiger partial charge in [0, 0.05) is 0 Å². The molecule has 0 radical (unpaired) electrons. The van der Waals surface area contributed by atoms with Gasteiger partial charge in [0.05, 0.1) is 32.8 Å². The third-order valence-corrected chi connectivity index (χ3v) is 4.85. The number of nitrogens with zero attached hydrogens (tertiary/aromatic N) is 1. The lowest BCUT2D eigenvalue weighted by atomic mass is 10.3. The van der Waals surface area contributed by atoms with Crippen molar-refractivity contribution in [3.8, 4) is 5.75 Å². The van der Waals surface area contributed by atoms with E-state index in [2.05, 4.69) is 41.8 Å². The normalized spacial score (nSPS) is 12.0. The van der Waals surface area contributed by atoms with Crippen molar-refractivity contribution in [1.29, 1.82) is 0 Å². The van der Waals surface area contributed by atoms with Gasteiger partial charge in [-0.1, -0.05) is 19.6 Å². The van der Waals surface area contributed by atoms with E-state index < -0.39 is 8.07 Å². The van der Waals surface area contributed by atoms with Gasteiger partial charge in [0.2, 0.25) is 0 Å². The number of aromatic nitrogens is 1. The molecule has 0 bridgehead atoms. The number of aromatic amines is 1. The quantitative estimate of drug-likeness (QED) is 0.673. The minimum atomic E-state index is -1.27. The number of hydrogen-bond donors (Lipinski definition) is 1. The van der Waals surface area contributed by atoms with Crippen LogP contribution in [0.25, 0.3) is 0 Å². The molecule has 0 aliphatic heterocycles. The molecule has 0 spiro atoms. The minimum Gasteiger partial charge on any atom is -0.497 e. The maximum absolute atomic E-state index is 5.12. The molecule has 2 aromatic rings. The Morgan fingerprint density at radius 2 is 1.74 bits per heavy atom. The molecule has 0 saturated carbocycles. The Morgan fingerprint density at radius 1 is 1.05 bits per heavy atom. The summed E-state index contributed by atoms with van der Waals surface area (Å²) in [5.41, 5.74) is 1.97. The molecule has 1 heterocycles. The SMILES string of the molecule is COc1ccc(N=Cc2ccc([Si](C)(C)C)[nH]2)cc1. The molecule has 0 fully saturated rings. The van der Waals surface area contributed by atoms with Gasteiger partial charge in [-0.25, -0.2) is 0 Å². The second-order valence-corrected chi connectivity index (χ2v) is 10.6. The first-order valence-electron chi connectivity index (χ1n) is 6.36. The maximum Gasteiger partial charge on any atom is 0.119 e. The third kappa shape index (κ3) is 3.58. The summed E-state index contributed by atoms with van der Waals surface area (Å²) >= 11 is 0. The molecule has 4 heteroatoms. The molecule has 2 rings (SSSR count). The molecule has 0 aliphatic carbocycles. The Hall–Kier alpha value is -1.81. The monoisotopic (exact) mass is 272 g/mol. The van der Waals surface area contributed by atoms with Gasteiger partial charge in [-0.2, -0.15) is 0 Å². The van der Waals surface area contributed by atoms with E-state index in [0.717, 1.165) is 17.1 Å². The highest BCUT2D eigenvalue weighted by molar-refractivity contribution is 6.88. The van der Waals surface area contributed by atoms with Crippen molar-refractivity contribution in [1.82, 2.24) is 4.98 Å². The standard InChI is InChI=1S/C15H20N2OSi/c1-18-14-8-5-12(6-9-14)16-11-13-7-10-15(17-13)19(2,3)4/h5-11,17H,1-4H3. The van der Waals surface area contributed by atoms with Crippen molar-refractivity contribution in [3.05, 3.63) is 42.1 Å². The minimum absolute atomic E-state index is 0.847. The van der Waals surface area contributed by atoms with Gasteiger partial charge in [-0.05, 0) is 41.7 Å². The van der Waals surface area contributed by atoms with Crippen LogP contribution < -0.4 is 10.1 Å². The van der Waals surface area contributed by atoms with Crippen LogP contribution in [0.3, 0.4) is 0 Å². The van der Waals surface area contributed by atoms with E-state index in [0.29, 0.717) is 0 Å². The van der Waals surface area contributed by atoms with Gasteiger partial charge in [-0.3, -0.25) is 4.99 Å². The topological polar surface area (TPSA) is 37.4 Å². The molecule has 100 valence electrons. The van der Waals surface area contributed by atoms with E-state index >= 15 is 0 Å². The van der Waals surface area contributed by atoms with Crippen LogP contribution in [0.5, 0.6) is 5.75 Å². The summed E-state index contributed by atoms with van der Waals surface area (Å²) in [4.78, 5) is 7.88. The van der Waals surface area contributed by atoms with E-state index in [9.17, 15) is 0 Å². The average Bonchev–Trinajstić information content (AvgIpc) is 2.86. The van der Waals surface area contributed by atoms with Crippen molar-refractivity contribution in [2.45, 2.75) is 19.6 Å². The van der Waals surface area contributed by atoms with Crippen molar-refractivity contribution in [3.63, 3.8) is 0 Å². The first kappa shape index (κ1) is 13.6. The molecule has 0 unspecified atom stereocenters. The highest BCUT2D eigenvalue weighted by Crippen LogP contribution is 2.17. The summed E-state index contributed by atoms with van der Waals surface area (Å²) in [6.07, 6.45) is 1.87. The van der Waals surface area contributed by atoms with Gasteiger partial charge in [0.1, 0.15) is 5.75 Å². The Kier molecular flexibility index (Phi) is 3.90. The largest absolute Gasteiger partial charge is 0.497 e. The zero-order valence-corrected chi connectivity index (χ0v) is 12.9. The Balaban J connectivity index is 2.11. The summed E-state index contributed by atoms with van der Waals surface area (Å²) in [5, 5.41) is 1.35. The molecule has 1 aromatic carbocycles. The lowest BCUT2D eigenvalue weighted by molar-refractivity contribution is 0.415. The molecule has 0 amide bonds. The van der Waals surface area contributed by atoms with E-state index in [4.69, 9.17) is 4.74 Å². The van der Waals surface area contributed by atoms with Crippen LogP contribution in [0.15, 0.2) is 41.4 Å². The summed E-state index contributed by atoms with van der Waals surface area (Å²) in [6.45, 7) is 6.97. The molecule has 0 saturated heterocycles. The number of methoxy groups -OCH3 is 1. The summed E-state index contributed by atoms with van der Waals surface area (Å²) in [6, 6.07) is 12.0. The van der Waals surface area contributed by atoms with Crippen molar-refractivity contribution in [2.24, 2.45) is 4.99 Å². The summed E-state index contributed by atoms with van der Waals surface area (Å²) < 4.78 is 5.12. The van der Waals surface area contributed by atoms with E-state index in [1.165, 1.54) is 5.32 Å². The number of aliphatic imine (C=N–C) groups is 1. The summed E-state index contributed by atoms with van der Waals surface area (Å²) in [5.74, 6) is 0.847. The van der Waals surface area contributed by atoms with Crippen molar-refractivity contribution >= 4 is 25.3 Å². The van der Waals surface area contributed by atoms with Crippen LogP contribution in [-0.2, 0) is 0 Å². The van der Waals surface area contributed by atoms with E-state index in [-0.39, 0.29) is 0 Å². The first-order chi connectivity index (χ1) is 8.99. The molecule has 19 heavy (non-hydrogen) atoms. The molecular weight excluding hydrogens is 252 g/mol. The number of rotatable bonds is 4. The lowest BCUT2D eigenvalue weighted by Crippen LogP contribution is -2.38. The average molecular weight is 272 g/mol. The fourth-order valence-electron chi connectivity index (χ4n) is 1.74. The Labute approximate surface area is 115 Å². The van der Waals surface area contributed by atoms with Crippen LogP contribution >= 0.6 is 0 Å². The number of benzene rings is 1. The van der Waals surface area contributed by atoms with Crippen LogP contribution in [-0.4, -0.2) is 26.4 Å². The smallest absolute Gasteiger partial charge is 0.119 e.